The second-order valence-electron chi connectivity index (χ2n) is 6.69. The second kappa shape index (κ2) is 9.12. The van der Waals surface area contributed by atoms with E-state index in [1.54, 1.807) is 50.5 Å². The Kier molecular flexibility index (Phi) is 6.35. The van der Waals surface area contributed by atoms with Crippen LogP contribution >= 0.6 is 0 Å². The summed E-state index contributed by atoms with van der Waals surface area (Å²) >= 11 is 0. The van der Waals surface area contributed by atoms with Crippen LogP contribution in [0, 0.1) is 5.82 Å². The van der Waals surface area contributed by atoms with Crippen LogP contribution in [-0.2, 0) is 0 Å². The number of aliphatic imine (C=N–C) groups is 2. The highest BCUT2D eigenvalue weighted by molar-refractivity contribution is 6.46. The van der Waals surface area contributed by atoms with Crippen molar-refractivity contribution in [2.45, 2.75) is 0 Å². The summed E-state index contributed by atoms with van der Waals surface area (Å²) in [5.41, 5.74) is 7.78. The Morgan fingerprint density at radius 2 is 1.74 bits per heavy atom. The van der Waals surface area contributed by atoms with Gasteiger partial charge in [0.2, 0.25) is 0 Å². The molecule has 3 rings (SSSR count). The van der Waals surface area contributed by atoms with E-state index in [2.05, 4.69) is 26.8 Å². The normalized spacial score (nSPS) is 12.0. The Bertz CT molecular complexity index is 1180. The van der Waals surface area contributed by atoms with Gasteiger partial charge in [-0.1, -0.05) is 30.8 Å². The highest BCUT2D eigenvalue weighted by Gasteiger charge is 2.19. The molecule has 31 heavy (non-hydrogen) atoms. The molecular weight excluding hydrogens is 399 g/mol. The van der Waals surface area contributed by atoms with Crippen molar-refractivity contribution in [1.82, 2.24) is 15.1 Å². The molecule has 1 heterocycles. The number of hydrogen-bond donors (Lipinski definition) is 1. The van der Waals surface area contributed by atoms with Crippen LogP contribution in [-0.4, -0.2) is 53.7 Å². The number of nitrogens with two attached hydrogens (primary N) is 1. The minimum atomic E-state index is -0.495. The predicted octanol–water partition coefficient (Wildman–Crippen LogP) is 3.02. The third kappa shape index (κ3) is 4.72. The van der Waals surface area contributed by atoms with Crippen LogP contribution in [0.4, 0.5) is 4.39 Å². The topological polar surface area (TPSA) is 110 Å². The van der Waals surface area contributed by atoms with Crippen LogP contribution in [0.5, 0.6) is 0 Å². The molecule has 0 bridgehead atoms. The van der Waals surface area contributed by atoms with Crippen molar-refractivity contribution in [1.29, 1.82) is 0 Å². The molecule has 0 unspecified atom stereocenters. The largest absolute Gasteiger partial charge is 0.414 e. The van der Waals surface area contributed by atoms with Crippen molar-refractivity contribution < 1.29 is 13.6 Å². The first-order valence-electron chi connectivity index (χ1n) is 9.23. The Hall–Kier alpha value is -4.14. The van der Waals surface area contributed by atoms with Crippen molar-refractivity contribution in [3.8, 4) is 11.5 Å². The summed E-state index contributed by atoms with van der Waals surface area (Å²) in [7, 11) is 4.85. The van der Waals surface area contributed by atoms with Crippen LogP contribution in [0.3, 0.4) is 0 Å². The Morgan fingerprint density at radius 1 is 1.10 bits per heavy atom. The van der Waals surface area contributed by atoms with E-state index in [0.29, 0.717) is 16.8 Å². The van der Waals surface area contributed by atoms with Gasteiger partial charge in [-0.25, -0.2) is 9.38 Å². The summed E-state index contributed by atoms with van der Waals surface area (Å²) < 4.78 is 19.6. The summed E-state index contributed by atoms with van der Waals surface area (Å²) in [6, 6.07) is 12.8. The van der Waals surface area contributed by atoms with E-state index in [-0.39, 0.29) is 34.8 Å². The summed E-state index contributed by atoms with van der Waals surface area (Å²) in [5, 5.41) is 7.83. The molecule has 0 saturated heterocycles. The summed E-state index contributed by atoms with van der Waals surface area (Å²) in [6.45, 7) is 3.95. The van der Waals surface area contributed by atoms with Crippen LogP contribution in [0.2, 0.25) is 0 Å². The molecule has 0 radical (unpaired) electrons. The average Bonchev–Trinajstić information content (AvgIpc) is 3.26. The van der Waals surface area contributed by atoms with Crippen LogP contribution in [0.15, 0.2) is 69.5 Å². The molecule has 2 N–H and O–H groups in total. The molecule has 158 valence electrons. The smallest absolute Gasteiger partial charge is 0.270 e. The first kappa shape index (κ1) is 21.6. The van der Waals surface area contributed by atoms with Crippen molar-refractivity contribution in [2.24, 2.45) is 15.7 Å². The van der Waals surface area contributed by atoms with E-state index in [9.17, 15) is 9.18 Å². The van der Waals surface area contributed by atoms with Crippen molar-refractivity contribution >= 4 is 23.2 Å². The standard InChI is InChI=1S/C22H21FN6O2/c1-13(14-9-11-15(12-10-14)22(30)29(3)4)26-18(19(24)25-2)21-28-27-20(31-21)16-7-5-6-8-17(16)23/h5-12H,1H2,2-4H3,(H2,24,25). The molecule has 0 aliphatic rings. The minimum absolute atomic E-state index is 0.0122. The number of benzene rings is 2. The van der Waals surface area contributed by atoms with E-state index >= 15 is 0 Å². The van der Waals surface area contributed by atoms with E-state index in [1.165, 1.54) is 24.1 Å². The van der Waals surface area contributed by atoms with Gasteiger partial charge in [-0.15, -0.1) is 10.2 Å². The zero-order valence-electron chi connectivity index (χ0n) is 17.3. The first-order chi connectivity index (χ1) is 14.8. The van der Waals surface area contributed by atoms with Crippen LogP contribution < -0.4 is 5.73 Å². The number of halogens is 1. The third-order valence-corrected chi connectivity index (χ3v) is 4.33. The van der Waals surface area contributed by atoms with Crippen molar-refractivity contribution in [2.75, 3.05) is 21.1 Å². The highest BCUT2D eigenvalue weighted by atomic mass is 19.1. The van der Waals surface area contributed by atoms with Gasteiger partial charge in [-0.3, -0.25) is 9.79 Å². The van der Waals surface area contributed by atoms with Gasteiger partial charge in [0.15, 0.2) is 5.71 Å². The van der Waals surface area contributed by atoms with Gasteiger partial charge < -0.3 is 15.1 Å². The number of carbonyl (C=O) groups excluding carboxylic acids is 1. The Labute approximate surface area is 178 Å². The Balaban J connectivity index is 1.94. The quantitative estimate of drug-likeness (QED) is 0.487. The fourth-order valence-corrected chi connectivity index (χ4v) is 2.65. The lowest BCUT2D eigenvalue weighted by atomic mass is 10.1. The van der Waals surface area contributed by atoms with Gasteiger partial charge in [0.1, 0.15) is 11.7 Å². The number of rotatable bonds is 6. The van der Waals surface area contributed by atoms with Gasteiger partial charge >= 0.3 is 0 Å². The maximum atomic E-state index is 14.0. The second-order valence-corrected chi connectivity index (χ2v) is 6.69. The molecule has 0 aliphatic heterocycles. The molecule has 3 aromatic rings. The van der Waals surface area contributed by atoms with Crippen molar-refractivity contribution in [3.05, 3.63) is 77.9 Å². The maximum Gasteiger partial charge on any atom is 0.270 e. The molecule has 0 saturated carbocycles. The lowest BCUT2D eigenvalue weighted by molar-refractivity contribution is 0.0827. The van der Waals surface area contributed by atoms with E-state index in [1.807, 2.05) is 0 Å². The van der Waals surface area contributed by atoms with Gasteiger partial charge in [-0.05, 0) is 29.8 Å². The van der Waals surface area contributed by atoms with Crippen molar-refractivity contribution in [3.63, 3.8) is 0 Å². The fraction of sp³-hybridized carbons (Fsp3) is 0.136. The van der Waals surface area contributed by atoms with Gasteiger partial charge in [0, 0.05) is 26.7 Å². The lowest BCUT2D eigenvalue weighted by Gasteiger charge is -2.10. The maximum absolute atomic E-state index is 14.0. The van der Waals surface area contributed by atoms with E-state index in [4.69, 9.17) is 10.2 Å². The fourth-order valence-electron chi connectivity index (χ4n) is 2.65. The molecule has 2 aromatic carbocycles. The Morgan fingerprint density at radius 3 is 2.35 bits per heavy atom. The van der Waals surface area contributed by atoms with Gasteiger partial charge in [0.05, 0.1) is 11.3 Å². The molecule has 8 nitrogen and oxygen atoms in total. The molecule has 0 fully saturated rings. The third-order valence-electron chi connectivity index (χ3n) is 4.33. The number of amidine groups is 1. The lowest BCUT2D eigenvalue weighted by Crippen LogP contribution is -2.25. The minimum Gasteiger partial charge on any atom is -0.414 e. The van der Waals surface area contributed by atoms with Crippen LogP contribution in [0.1, 0.15) is 21.8 Å². The number of carbonyl (C=O) groups is 1. The van der Waals surface area contributed by atoms with E-state index < -0.39 is 5.82 Å². The van der Waals surface area contributed by atoms with E-state index in [0.717, 1.165) is 0 Å². The number of nitrogens with zero attached hydrogens (tertiary/aromatic N) is 5. The number of hydrogen-bond acceptors (Lipinski definition) is 6. The molecule has 0 spiro atoms. The molecule has 1 amide bonds. The SMILES string of the molecule is C=C(N=C(C(N)=NC)c1nnc(-c2ccccc2F)o1)c1ccc(C(=O)N(C)C)cc1. The average molecular weight is 420 g/mol. The zero-order valence-corrected chi connectivity index (χ0v) is 17.3. The van der Waals surface area contributed by atoms with Gasteiger partial charge in [-0.2, -0.15) is 0 Å². The molecule has 0 aliphatic carbocycles. The monoisotopic (exact) mass is 420 g/mol. The molecule has 0 atom stereocenters. The summed E-state index contributed by atoms with van der Waals surface area (Å²) in [4.78, 5) is 21.9. The molecule has 9 heteroatoms. The summed E-state index contributed by atoms with van der Waals surface area (Å²) in [5.74, 6) is -0.603. The summed E-state index contributed by atoms with van der Waals surface area (Å²) in [6.07, 6.45) is 0. The first-order valence-corrected chi connectivity index (χ1v) is 9.23. The van der Waals surface area contributed by atoms with Gasteiger partial charge in [0.25, 0.3) is 17.7 Å². The van der Waals surface area contributed by atoms with Crippen LogP contribution in [0.25, 0.3) is 17.2 Å². The zero-order chi connectivity index (χ0) is 22.5. The number of aromatic nitrogens is 2. The molecular formula is C22H21FN6O2. The number of amides is 1. The molecule has 1 aromatic heterocycles. The highest BCUT2D eigenvalue weighted by Crippen LogP contribution is 2.22. The predicted molar refractivity (Wildman–Crippen MR) is 117 cm³/mol.